The highest BCUT2D eigenvalue weighted by Gasteiger charge is 2.42. The van der Waals surface area contributed by atoms with Crippen LogP contribution >= 0.6 is 12.4 Å². The van der Waals surface area contributed by atoms with Gasteiger partial charge in [-0.1, -0.05) is 6.07 Å². The second-order valence-electron chi connectivity index (χ2n) is 6.39. The second kappa shape index (κ2) is 8.26. The van der Waals surface area contributed by atoms with Crippen LogP contribution in [0.1, 0.15) is 37.0 Å². The number of amides is 2. The lowest BCUT2D eigenvalue weighted by Crippen LogP contribution is -2.57. The zero-order valence-electron chi connectivity index (χ0n) is 14.2. The summed E-state index contributed by atoms with van der Waals surface area (Å²) in [6.07, 6.45) is 2.06. The van der Waals surface area contributed by atoms with Gasteiger partial charge in [0.25, 0.3) is 11.6 Å². The first-order valence-electron chi connectivity index (χ1n) is 7.84. The number of hydrogen-bond acceptors (Lipinski definition) is 5. The molecular weight excluding hydrogens is 348 g/mol. The number of nitro benzene ring substituents is 1. The minimum Gasteiger partial charge on any atom is -0.348 e. The monoisotopic (exact) mass is 370 g/mol. The lowest BCUT2D eigenvalue weighted by Gasteiger charge is -2.31. The van der Waals surface area contributed by atoms with Crippen LogP contribution in [-0.2, 0) is 4.79 Å². The van der Waals surface area contributed by atoms with E-state index in [4.69, 9.17) is 5.73 Å². The molecule has 4 N–H and O–H groups in total. The predicted octanol–water partition coefficient (Wildman–Crippen LogP) is 1.38. The molecule has 0 bridgehead atoms. The van der Waals surface area contributed by atoms with Crippen LogP contribution in [-0.4, -0.2) is 34.9 Å². The maximum Gasteiger partial charge on any atom is 0.270 e. The van der Waals surface area contributed by atoms with E-state index in [1.807, 2.05) is 6.92 Å². The predicted molar refractivity (Wildman–Crippen MR) is 95.6 cm³/mol. The zero-order valence-corrected chi connectivity index (χ0v) is 15.0. The van der Waals surface area contributed by atoms with Crippen molar-refractivity contribution in [1.29, 1.82) is 0 Å². The molecule has 1 aliphatic carbocycles. The van der Waals surface area contributed by atoms with Crippen molar-refractivity contribution in [3.8, 4) is 0 Å². The number of carbonyl (C=O) groups is 2. The fourth-order valence-electron chi connectivity index (χ4n) is 2.54. The van der Waals surface area contributed by atoms with Gasteiger partial charge in [0.1, 0.15) is 6.04 Å². The number of nitrogens with zero attached hydrogens (tertiary/aromatic N) is 1. The Bertz CT molecular complexity index is 665. The molecular formula is C16H23ClN4O4. The van der Waals surface area contributed by atoms with Gasteiger partial charge in [0.05, 0.1) is 10.5 Å². The molecule has 1 saturated carbocycles. The Morgan fingerprint density at radius 2 is 2.08 bits per heavy atom. The standard InChI is InChI=1S/C16H22N4O4.ClH/c1-10(14(21)19-16(2,9-17)12-6-7-12)18-15(22)11-4-3-5-13(8-11)20(23)24;/h3-5,8,10,12H,6-7,9,17H2,1-2H3,(H,18,22)(H,19,21);1H. The highest BCUT2D eigenvalue weighted by molar-refractivity contribution is 5.98. The molecule has 2 amide bonds. The summed E-state index contributed by atoms with van der Waals surface area (Å²) in [5.74, 6) is -0.498. The van der Waals surface area contributed by atoms with E-state index in [-0.39, 0.29) is 29.6 Å². The van der Waals surface area contributed by atoms with E-state index in [0.717, 1.165) is 12.8 Å². The third-order valence-corrected chi connectivity index (χ3v) is 4.37. The molecule has 2 rings (SSSR count). The number of nitrogens with two attached hydrogens (primary N) is 1. The molecule has 0 aliphatic heterocycles. The summed E-state index contributed by atoms with van der Waals surface area (Å²) in [5.41, 5.74) is 5.25. The molecule has 2 atom stereocenters. The SMILES string of the molecule is CC(NC(=O)c1cccc([N+](=O)[O-])c1)C(=O)NC(C)(CN)C1CC1.Cl. The minimum absolute atomic E-state index is 0. The van der Waals surface area contributed by atoms with E-state index in [2.05, 4.69) is 10.6 Å². The van der Waals surface area contributed by atoms with Gasteiger partial charge in [0, 0.05) is 24.2 Å². The molecule has 1 aliphatic rings. The van der Waals surface area contributed by atoms with Gasteiger partial charge in [0.15, 0.2) is 0 Å². The smallest absolute Gasteiger partial charge is 0.270 e. The van der Waals surface area contributed by atoms with Gasteiger partial charge < -0.3 is 16.4 Å². The zero-order chi connectivity index (χ0) is 17.9. The molecule has 0 radical (unpaired) electrons. The highest BCUT2D eigenvalue weighted by atomic mass is 35.5. The number of nitro groups is 1. The summed E-state index contributed by atoms with van der Waals surface area (Å²) in [6.45, 7) is 3.79. The molecule has 0 spiro atoms. The van der Waals surface area contributed by atoms with E-state index in [9.17, 15) is 19.7 Å². The second-order valence-corrected chi connectivity index (χ2v) is 6.39. The van der Waals surface area contributed by atoms with Gasteiger partial charge >= 0.3 is 0 Å². The van der Waals surface area contributed by atoms with Crippen LogP contribution < -0.4 is 16.4 Å². The summed E-state index contributed by atoms with van der Waals surface area (Å²) in [5, 5.41) is 16.2. The van der Waals surface area contributed by atoms with Crippen LogP contribution in [0.5, 0.6) is 0 Å². The largest absolute Gasteiger partial charge is 0.348 e. The Hall–Kier alpha value is -2.19. The summed E-state index contributed by atoms with van der Waals surface area (Å²) in [7, 11) is 0. The van der Waals surface area contributed by atoms with Gasteiger partial charge in [-0.3, -0.25) is 19.7 Å². The van der Waals surface area contributed by atoms with Crippen LogP contribution in [0.15, 0.2) is 24.3 Å². The lowest BCUT2D eigenvalue weighted by molar-refractivity contribution is -0.384. The fraction of sp³-hybridized carbons (Fsp3) is 0.500. The van der Waals surface area contributed by atoms with Gasteiger partial charge in [-0.05, 0) is 38.7 Å². The summed E-state index contributed by atoms with van der Waals surface area (Å²) >= 11 is 0. The molecule has 0 aromatic heterocycles. The summed E-state index contributed by atoms with van der Waals surface area (Å²) in [6, 6.07) is 4.59. The van der Waals surface area contributed by atoms with Crippen molar-refractivity contribution >= 4 is 29.9 Å². The number of non-ortho nitro benzene ring substituents is 1. The number of rotatable bonds is 7. The molecule has 9 heteroatoms. The van der Waals surface area contributed by atoms with Crippen molar-refractivity contribution < 1.29 is 14.5 Å². The molecule has 8 nitrogen and oxygen atoms in total. The quantitative estimate of drug-likeness (QED) is 0.493. The average Bonchev–Trinajstić information content (AvgIpc) is 3.40. The number of hydrogen-bond donors (Lipinski definition) is 3. The van der Waals surface area contributed by atoms with Crippen LogP contribution in [0.2, 0.25) is 0 Å². The van der Waals surface area contributed by atoms with Crippen LogP contribution in [0.3, 0.4) is 0 Å². The Labute approximate surface area is 152 Å². The number of nitrogens with one attached hydrogen (secondary N) is 2. The van der Waals surface area contributed by atoms with Crippen molar-refractivity contribution in [2.45, 2.75) is 38.3 Å². The van der Waals surface area contributed by atoms with Gasteiger partial charge in [-0.2, -0.15) is 0 Å². The molecule has 25 heavy (non-hydrogen) atoms. The Balaban J connectivity index is 0.00000312. The van der Waals surface area contributed by atoms with Crippen molar-refractivity contribution in [2.75, 3.05) is 6.54 Å². The Morgan fingerprint density at radius 1 is 1.44 bits per heavy atom. The molecule has 1 fully saturated rings. The molecule has 0 saturated heterocycles. The Morgan fingerprint density at radius 3 is 2.60 bits per heavy atom. The van der Waals surface area contributed by atoms with E-state index in [1.54, 1.807) is 6.92 Å². The number of halogens is 1. The minimum atomic E-state index is -0.776. The van der Waals surface area contributed by atoms with E-state index in [1.165, 1.54) is 24.3 Å². The van der Waals surface area contributed by atoms with E-state index in [0.29, 0.717) is 12.5 Å². The molecule has 2 unspecified atom stereocenters. The lowest BCUT2D eigenvalue weighted by atomic mass is 9.95. The fourth-order valence-corrected chi connectivity index (χ4v) is 2.54. The van der Waals surface area contributed by atoms with Crippen molar-refractivity contribution in [3.05, 3.63) is 39.9 Å². The first-order chi connectivity index (χ1) is 11.3. The summed E-state index contributed by atoms with van der Waals surface area (Å²) < 4.78 is 0. The number of carbonyl (C=O) groups excluding carboxylic acids is 2. The van der Waals surface area contributed by atoms with E-state index >= 15 is 0 Å². The molecule has 1 aromatic rings. The van der Waals surface area contributed by atoms with E-state index < -0.39 is 22.4 Å². The molecule has 138 valence electrons. The third kappa shape index (κ3) is 5.14. The number of benzene rings is 1. The first kappa shape index (κ1) is 20.9. The van der Waals surface area contributed by atoms with Gasteiger partial charge in [-0.25, -0.2) is 0 Å². The van der Waals surface area contributed by atoms with Gasteiger partial charge in [-0.15, -0.1) is 12.4 Å². The molecule has 1 aromatic carbocycles. The summed E-state index contributed by atoms with van der Waals surface area (Å²) in [4.78, 5) is 34.7. The van der Waals surface area contributed by atoms with Crippen molar-refractivity contribution in [1.82, 2.24) is 10.6 Å². The first-order valence-corrected chi connectivity index (χ1v) is 7.84. The molecule has 0 heterocycles. The Kier molecular flexibility index (Phi) is 6.89. The van der Waals surface area contributed by atoms with Crippen molar-refractivity contribution in [2.24, 2.45) is 11.7 Å². The van der Waals surface area contributed by atoms with Crippen LogP contribution in [0, 0.1) is 16.0 Å². The maximum atomic E-state index is 12.3. The average molecular weight is 371 g/mol. The maximum absolute atomic E-state index is 12.3. The topological polar surface area (TPSA) is 127 Å². The van der Waals surface area contributed by atoms with Crippen LogP contribution in [0.4, 0.5) is 5.69 Å². The normalized spacial score (nSPS) is 16.8. The highest BCUT2D eigenvalue weighted by Crippen LogP contribution is 2.38. The van der Waals surface area contributed by atoms with Crippen LogP contribution in [0.25, 0.3) is 0 Å². The van der Waals surface area contributed by atoms with Gasteiger partial charge in [0.2, 0.25) is 5.91 Å². The van der Waals surface area contributed by atoms with Crippen molar-refractivity contribution in [3.63, 3.8) is 0 Å². The third-order valence-electron chi connectivity index (χ3n) is 4.37.